The number of aliphatic imine (C=N–C) groups is 2. The maximum atomic E-state index is 13.1. The van der Waals surface area contributed by atoms with Gasteiger partial charge in [-0.05, 0) is 128 Å². The van der Waals surface area contributed by atoms with Crippen molar-refractivity contribution in [1.82, 2.24) is 29.9 Å². The Balaban J connectivity index is 0.00000392. The van der Waals surface area contributed by atoms with Crippen molar-refractivity contribution in [3.8, 4) is 0 Å². The van der Waals surface area contributed by atoms with Crippen molar-refractivity contribution in [2.75, 3.05) is 0 Å². The van der Waals surface area contributed by atoms with Gasteiger partial charge in [0.1, 0.15) is 35.9 Å². The molecule has 0 aliphatic rings. The Labute approximate surface area is 664 Å². The van der Waals surface area contributed by atoms with E-state index in [2.05, 4.69) is 80.3 Å². The predicted octanol–water partition coefficient (Wildman–Crippen LogP) is 7.63. The number of aromatic amines is 4. The van der Waals surface area contributed by atoms with Crippen LogP contribution in [0.3, 0.4) is 0 Å². The third-order valence-corrected chi connectivity index (χ3v) is 17.6. The fraction of sp³-hybridized carbons (Fsp3) is 0.0980. The zero-order valence-corrected chi connectivity index (χ0v) is 67.2. The van der Waals surface area contributed by atoms with Crippen molar-refractivity contribution < 1.29 is 75.1 Å². The summed E-state index contributed by atoms with van der Waals surface area (Å²) in [6.45, 7) is 6.71. The molecular weight excluding hydrogens is 1450 g/mol. The van der Waals surface area contributed by atoms with Crippen molar-refractivity contribution in [2.24, 2.45) is 50.4 Å². The van der Waals surface area contributed by atoms with Crippen LogP contribution in [0.2, 0.25) is 10.6 Å². The van der Waals surface area contributed by atoms with Gasteiger partial charge in [-0.15, -0.1) is 10.2 Å². The van der Waals surface area contributed by atoms with Gasteiger partial charge in [0.2, 0.25) is 33.0 Å². The fourth-order valence-electron chi connectivity index (χ4n) is 9.04. The van der Waals surface area contributed by atoms with Crippen molar-refractivity contribution in [3.05, 3.63) is 147 Å². The summed E-state index contributed by atoms with van der Waals surface area (Å²) in [4.78, 5) is 42.1. The standard InChI is InChI=1S/C51H42Cl2N16O17S5.5Na/c1-22-43(58-50-62-46(52)60-48(64-50)56-27-12-14-35(37(18-27)54-25(4)70)68-66-29-16-33-31(41(20-29)89(78,79)80)8-6-10-39(33)87(72,73)74)23(2)45(91(84,85)86)24(3)44(22)59-51-63-47(53)61-49(65-51)57-28-13-15-36(38(19-28)55-26(5)71)69-67-30-17-34-32(42(21-30)90(81,82)83)9-7-11-40(34)88(75,76)77;;;;;/h6-21H,1-5H3,(H,54,70)(H,55,71)(H,72,73,74)(H,75,76,77)(H,78,79,80)(H,81,82,83)(H,84,85,86)(H2,56,58,60,62,64)(H2,57,59,61,63,65);;;;;. The van der Waals surface area contributed by atoms with E-state index < -0.39 is 86.9 Å². The summed E-state index contributed by atoms with van der Waals surface area (Å²) in [6, 6.07) is 18.7. The molecule has 0 spiro atoms. The molecule has 0 bridgehead atoms. The van der Waals surface area contributed by atoms with E-state index in [0.717, 1.165) is 48.5 Å². The van der Waals surface area contributed by atoms with Gasteiger partial charge in [-0.3, -0.25) is 32.7 Å². The first-order chi connectivity index (χ1) is 42.4. The number of benzene rings is 7. The number of hydrogen-bond acceptors (Lipinski definition) is 22. The molecule has 9 aromatic rings. The molecule has 11 N–H and O–H groups in total. The molecule has 0 saturated carbocycles. The number of hydrogen-bond donors (Lipinski definition) is 11. The minimum absolute atomic E-state index is 0. The predicted molar refractivity (Wildman–Crippen MR) is 355 cm³/mol. The van der Waals surface area contributed by atoms with Crippen LogP contribution in [-0.4, -0.2) is 265 Å². The molecule has 0 aliphatic heterocycles. The van der Waals surface area contributed by atoms with Crippen LogP contribution in [0, 0.1) is 20.8 Å². The topological polar surface area (TPSA) is 525 Å². The van der Waals surface area contributed by atoms with Crippen LogP contribution in [0.4, 0.5) is 56.9 Å². The zero-order chi connectivity index (χ0) is 66.4. The summed E-state index contributed by atoms with van der Waals surface area (Å²) < 4.78 is 175. The minimum Gasteiger partial charge on any atom is -0.497 e. The average molecular weight is 1500 g/mol. The summed E-state index contributed by atoms with van der Waals surface area (Å²) in [5.41, 5.74) is -1.65. The first-order valence-corrected chi connectivity index (χ1v) is 33.0. The number of rotatable bonds is 15. The minimum atomic E-state index is -5.04. The first kappa shape index (κ1) is 84.0. The van der Waals surface area contributed by atoms with E-state index in [-0.39, 0.29) is 276 Å². The summed E-state index contributed by atoms with van der Waals surface area (Å²) >= 11 is 12.9. The van der Waals surface area contributed by atoms with E-state index in [1.165, 1.54) is 83.1 Å². The number of aliphatic hydroxyl groups excluding tert-OH is 2. The van der Waals surface area contributed by atoms with Crippen molar-refractivity contribution in [2.45, 2.75) is 59.1 Å². The molecule has 96 heavy (non-hydrogen) atoms. The maximum absolute atomic E-state index is 13.1. The number of fused-ring (bicyclic) bond motifs is 2. The number of nitrogens with zero attached hydrogens (tertiary/aromatic N) is 12. The molecule has 2 heterocycles. The first-order valence-electron chi connectivity index (χ1n) is 25.1. The summed E-state index contributed by atoms with van der Waals surface area (Å²) in [6.07, 6.45) is 0. The summed E-state index contributed by atoms with van der Waals surface area (Å²) in [5, 5.41) is 34.9. The Bertz CT molecular complexity index is 5350. The Morgan fingerprint density at radius 1 is 0.396 bits per heavy atom. The zero-order valence-electron chi connectivity index (χ0n) is 51.6. The number of aromatic nitrogens is 6. The third kappa shape index (κ3) is 20.4. The van der Waals surface area contributed by atoms with Gasteiger partial charge in [0.15, 0.2) is 11.8 Å². The van der Waals surface area contributed by atoms with Crippen molar-refractivity contribution in [3.63, 3.8) is 0 Å². The molecule has 45 heteroatoms. The quantitative estimate of drug-likeness (QED) is 0.0154. The van der Waals surface area contributed by atoms with Crippen LogP contribution < -0.4 is 22.5 Å². The molecular formula is C51H42Cl2N16Na5O17S5. The Morgan fingerprint density at radius 2 is 0.750 bits per heavy atom. The van der Waals surface area contributed by atoms with Gasteiger partial charge in [-0.1, -0.05) is 24.3 Å². The molecule has 0 fully saturated rings. The Hall–Kier alpha value is -4.45. The van der Waals surface area contributed by atoms with E-state index in [4.69, 9.17) is 23.2 Å². The number of H-pyrrole nitrogens is 4. The molecule has 9 rings (SSSR count). The Kier molecular flexibility index (Phi) is 29.2. The monoisotopic (exact) mass is 1500 g/mol. The second-order valence-corrected chi connectivity index (χ2v) is 26.7. The molecule has 0 amide bonds. The number of aliphatic hydroxyl groups is 2. The van der Waals surface area contributed by atoms with Crippen LogP contribution >= 0.6 is 23.2 Å². The Morgan fingerprint density at radius 3 is 1.07 bits per heavy atom. The number of azo groups is 2. The number of halogens is 2. The summed E-state index contributed by atoms with van der Waals surface area (Å²) in [7, 11) is -24.8. The average Bonchev–Trinajstić information content (AvgIpc) is 0.772. The van der Waals surface area contributed by atoms with Gasteiger partial charge >= 0.3 is 0 Å². The molecule has 0 atom stereocenters. The van der Waals surface area contributed by atoms with Crippen molar-refractivity contribution >= 4 is 312 Å². The van der Waals surface area contributed by atoms with E-state index in [9.17, 15) is 75.1 Å². The molecule has 0 saturated heterocycles. The second-order valence-electron chi connectivity index (χ2n) is 19.0. The molecule has 477 valence electrons. The van der Waals surface area contributed by atoms with Gasteiger partial charge in [0, 0.05) is 189 Å². The second kappa shape index (κ2) is 33.4. The molecule has 0 unspecified atom stereocenters. The van der Waals surface area contributed by atoms with Gasteiger partial charge in [-0.2, -0.15) is 62.3 Å². The third-order valence-electron chi connectivity index (χ3n) is 12.5. The van der Waals surface area contributed by atoms with E-state index in [0.29, 0.717) is 0 Å². The van der Waals surface area contributed by atoms with Gasteiger partial charge in [0.25, 0.3) is 50.6 Å². The fourth-order valence-corrected chi connectivity index (χ4v) is 13.2. The molecule has 2 aromatic heterocycles. The van der Waals surface area contributed by atoms with Crippen LogP contribution in [0.1, 0.15) is 30.5 Å². The smallest absolute Gasteiger partial charge is 0.295 e. The van der Waals surface area contributed by atoms with E-state index in [1.807, 2.05) is 0 Å². The van der Waals surface area contributed by atoms with Crippen LogP contribution in [0.5, 0.6) is 0 Å². The van der Waals surface area contributed by atoms with Crippen molar-refractivity contribution in [1.29, 1.82) is 0 Å². The van der Waals surface area contributed by atoms with Gasteiger partial charge in [0.05, 0.1) is 45.5 Å². The van der Waals surface area contributed by atoms with E-state index in [1.54, 1.807) is 0 Å². The number of nitrogens with one attached hydrogen (secondary N) is 4. The van der Waals surface area contributed by atoms with Crippen LogP contribution in [0.25, 0.3) is 21.5 Å². The SMILES string of the molecule is CC(O)=Nc1cc(N=c2nc(Cl)[nH]c(=Nc3c(C)c(N=c4[nH]c(Cl)nc(=Nc5ccc(N=Nc6cc(S(=O)(=O)O)c7cccc(S(=O)(=O)O)c7c6)c(N=C(C)O)c5)[nH]4)c(C)c(S(=O)(=O)O)c3C)[nH]2)ccc1N=Nc1cc(S(=O)(=O)O)c2cccc(S(=O)(=O)O)c2c1.[Na].[Na].[Na].[Na].[Na]. The van der Waals surface area contributed by atoms with E-state index >= 15 is 0 Å². The maximum Gasteiger partial charge on any atom is 0.295 e. The normalized spacial score (nSPS) is 13.4. The van der Waals surface area contributed by atoms with Crippen LogP contribution in [0.15, 0.2) is 172 Å². The largest absolute Gasteiger partial charge is 0.497 e. The molecule has 7 aromatic carbocycles. The molecule has 0 aliphatic carbocycles. The van der Waals surface area contributed by atoms with Gasteiger partial charge < -0.3 is 20.2 Å². The molecule has 5 radical (unpaired) electrons. The van der Waals surface area contributed by atoms with Crippen LogP contribution in [-0.2, 0) is 50.6 Å². The van der Waals surface area contributed by atoms with Gasteiger partial charge in [-0.25, -0.2) is 30.0 Å². The summed E-state index contributed by atoms with van der Waals surface area (Å²) in [5.74, 6) is -0.934. The molecule has 33 nitrogen and oxygen atoms in total.